The molecule has 0 aliphatic carbocycles. The zero-order valence-electron chi connectivity index (χ0n) is 22.3. The van der Waals surface area contributed by atoms with Gasteiger partial charge >= 0.3 is 0 Å². The Hall–Kier alpha value is -2.45. The highest BCUT2D eigenvalue weighted by Gasteiger charge is 2.44. The fourth-order valence-electron chi connectivity index (χ4n) is 4.89. The first-order valence-corrected chi connectivity index (χ1v) is 13.3. The second-order valence-corrected chi connectivity index (χ2v) is 9.73. The van der Waals surface area contributed by atoms with Crippen LogP contribution >= 0.6 is 0 Å². The van der Waals surface area contributed by atoms with Crippen LogP contribution in [0.3, 0.4) is 0 Å². The van der Waals surface area contributed by atoms with Crippen molar-refractivity contribution in [3.05, 3.63) is 82.2 Å². The maximum atomic E-state index is 10.4. The molecule has 3 rings (SSSR count). The van der Waals surface area contributed by atoms with Gasteiger partial charge in [-0.05, 0) is 41.3 Å². The number of benzene rings is 2. The van der Waals surface area contributed by atoms with Crippen molar-refractivity contribution in [3.8, 4) is 0 Å². The highest BCUT2D eigenvalue weighted by atomic mass is 16.7. The molecule has 0 aromatic heterocycles. The summed E-state index contributed by atoms with van der Waals surface area (Å²) in [7, 11) is 0. The van der Waals surface area contributed by atoms with Crippen molar-refractivity contribution in [2.24, 2.45) is 17.0 Å². The highest BCUT2D eigenvalue weighted by molar-refractivity contribution is 5.14. The first-order valence-electron chi connectivity index (χ1n) is 13.3. The molecule has 2 unspecified atom stereocenters. The van der Waals surface area contributed by atoms with Crippen LogP contribution in [-0.2, 0) is 32.2 Å². The fraction of sp³-hybridized carbons (Fsp3) is 0.586. The van der Waals surface area contributed by atoms with E-state index >= 15 is 0 Å². The Labute approximate surface area is 220 Å². The number of nitrogens with zero attached hydrogens (tertiary/aromatic N) is 3. The topological polar surface area (TPSA) is 106 Å². The summed E-state index contributed by atoms with van der Waals surface area (Å²) in [6, 6.07) is 19.2. The average molecular weight is 512 g/mol. The van der Waals surface area contributed by atoms with E-state index in [0.717, 1.165) is 17.5 Å². The highest BCUT2D eigenvalue weighted by Crippen LogP contribution is 2.36. The summed E-state index contributed by atoms with van der Waals surface area (Å²) in [6.45, 7) is 8.73. The van der Waals surface area contributed by atoms with Crippen LogP contribution in [0, 0.1) is 11.8 Å². The first kappa shape index (κ1) is 29.1. The summed E-state index contributed by atoms with van der Waals surface area (Å²) >= 11 is 0. The van der Waals surface area contributed by atoms with Crippen molar-refractivity contribution in [3.63, 3.8) is 0 Å². The Morgan fingerprint density at radius 3 is 1.97 bits per heavy atom. The molecule has 1 aliphatic rings. The molecule has 8 nitrogen and oxygen atoms in total. The lowest BCUT2D eigenvalue weighted by Crippen LogP contribution is -2.54. The number of hydrogen-bond donors (Lipinski definition) is 1. The van der Waals surface area contributed by atoms with Crippen molar-refractivity contribution in [2.75, 3.05) is 6.61 Å². The molecule has 37 heavy (non-hydrogen) atoms. The third kappa shape index (κ3) is 8.01. The summed E-state index contributed by atoms with van der Waals surface area (Å²) in [5.74, 6) is 0.265. The van der Waals surface area contributed by atoms with E-state index in [2.05, 4.69) is 30.8 Å². The lowest BCUT2D eigenvalue weighted by molar-refractivity contribution is -0.281. The van der Waals surface area contributed by atoms with Gasteiger partial charge in [-0.3, -0.25) is 0 Å². The normalized spacial score (nSPS) is 26.1. The zero-order valence-corrected chi connectivity index (χ0v) is 22.3. The van der Waals surface area contributed by atoms with Gasteiger partial charge in [0.2, 0.25) is 0 Å². The smallest absolute Gasteiger partial charge is 0.167 e. The maximum Gasteiger partial charge on any atom is 0.167 e. The second-order valence-electron chi connectivity index (χ2n) is 9.73. The molecule has 8 heteroatoms. The number of azide groups is 1. The maximum absolute atomic E-state index is 10.4. The van der Waals surface area contributed by atoms with Crippen LogP contribution in [0.4, 0.5) is 0 Å². The molecule has 0 bridgehead atoms. The minimum Gasteiger partial charge on any atom is -0.394 e. The summed E-state index contributed by atoms with van der Waals surface area (Å²) in [6.07, 6.45) is -1.08. The average Bonchev–Trinajstić information content (AvgIpc) is 2.94. The van der Waals surface area contributed by atoms with Gasteiger partial charge in [0.25, 0.3) is 0 Å². The van der Waals surface area contributed by atoms with E-state index in [1.165, 1.54) is 0 Å². The van der Waals surface area contributed by atoms with Crippen LogP contribution in [0.25, 0.3) is 10.4 Å². The van der Waals surface area contributed by atoms with Crippen molar-refractivity contribution >= 4 is 0 Å². The Kier molecular flexibility index (Phi) is 11.9. The van der Waals surface area contributed by atoms with Crippen molar-refractivity contribution in [1.82, 2.24) is 0 Å². The largest absolute Gasteiger partial charge is 0.394 e. The third-order valence-electron chi connectivity index (χ3n) is 7.35. The Bertz CT molecular complexity index is 905. The van der Waals surface area contributed by atoms with Gasteiger partial charge < -0.3 is 24.1 Å². The second kappa shape index (κ2) is 15.1. The van der Waals surface area contributed by atoms with E-state index in [4.69, 9.17) is 18.9 Å². The number of aliphatic hydroxyl groups excluding tert-OH is 1. The molecule has 2 aromatic rings. The number of rotatable bonds is 14. The lowest BCUT2D eigenvalue weighted by Gasteiger charge is -2.45. The molecule has 0 saturated carbocycles. The van der Waals surface area contributed by atoms with E-state index < -0.39 is 30.6 Å². The first-order chi connectivity index (χ1) is 18.0. The minimum absolute atomic E-state index is 0.0334. The molecule has 1 saturated heterocycles. The quantitative estimate of drug-likeness (QED) is 0.189. The zero-order chi connectivity index (χ0) is 26.6. The van der Waals surface area contributed by atoms with Gasteiger partial charge in [-0.25, -0.2) is 0 Å². The molecule has 0 amide bonds. The van der Waals surface area contributed by atoms with Gasteiger partial charge in [0.1, 0.15) is 12.2 Å². The summed E-state index contributed by atoms with van der Waals surface area (Å²) in [5, 5.41) is 14.5. The molecule has 8 atom stereocenters. The fourth-order valence-corrected chi connectivity index (χ4v) is 4.89. The molecule has 1 fully saturated rings. The summed E-state index contributed by atoms with van der Waals surface area (Å²) in [4.78, 5) is 3.09. The monoisotopic (exact) mass is 511 g/mol. The van der Waals surface area contributed by atoms with Gasteiger partial charge in [-0.1, -0.05) is 93.5 Å². The van der Waals surface area contributed by atoms with Crippen molar-refractivity contribution < 1.29 is 24.1 Å². The van der Waals surface area contributed by atoms with Crippen LogP contribution in [0.5, 0.6) is 0 Å². The Morgan fingerprint density at radius 2 is 1.49 bits per heavy atom. The molecule has 0 spiro atoms. The van der Waals surface area contributed by atoms with Gasteiger partial charge in [0.15, 0.2) is 6.29 Å². The molecule has 0 radical (unpaired) electrons. The van der Waals surface area contributed by atoms with E-state index in [-0.39, 0.29) is 24.5 Å². The Balaban J connectivity index is 1.86. The molecular weight excluding hydrogens is 470 g/mol. The molecular formula is C29H41N3O5. The lowest BCUT2D eigenvalue weighted by atomic mass is 9.81. The van der Waals surface area contributed by atoms with E-state index in [1.807, 2.05) is 67.6 Å². The van der Waals surface area contributed by atoms with Crippen LogP contribution < -0.4 is 0 Å². The van der Waals surface area contributed by atoms with Gasteiger partial charge in [0, 0.05) is 4.91 Å². The van der Waals surface area contributed by atoms with Crippen LogP contribution in [0.15, 0.2) is 65.8 Å². The third-order valence-corrected chi connectivity index (χ3v) is 7.35. The summed E-state index contributed by atoms with van der Waals surface area (Å²) < 4.78 is 25.5. The van der Waals surface area contributed by atoms with Crippen LogP contribution in [0.1, 0.15) is 51.7 Å². The van der Waals surface area contributed by atoms with Crippen molar-refractivity contribution in [2.45, 2.75) is 90.5 Å². The number of hydrogen-bond acceptors (Lipinski definition) is 6. The van der Waals surface area contributed by atoms with Crippen LogP contribution in [0.2, 0.25) is 0 Å². The molecule has 1 N–H and O–H groups in total. The number of ether oxygens (including phenoxy) is 4. The number of aliphatic hydroxyl groups is 1. The van der Waals surface area contributed by atoms with Crippen molar-refractivity contribution in [1.29, 1.82) is 0 Å². The predicted octanol–water partition coefficient (Wildman–Crippen LogP) is 6.03. The summed E-state index contributed by atoms with van der Waals surface area (Å²) in [5.41, 5.74) is 11.3. The van der Waals surface area contributed by atoms with E-state index in [9.17, 15) is 10.6 Å². The van der Waals surface area contributed by atoms with Crippen LogP contribution in [-0.4, -0.2) is 48.5 Å². The molecule has 1 aliphatic heterocycles. The molecule has 2 aromatic carbocycles. The van der Waals surface area contributed by atoms with E-state index in [1.54, 1.807) is 0 Å². The van der Waals surface area contributed by atoms with Gasteiger partial charge in [-0.15, -0.1) is 0 Å². The standard InChI is InChI=1S/C29H41N3O5/c1-5-24-20(3)21(4)27(31-32-30)29(36-24)37-28(25(6-2)34-18-22-13-9-7-10-14-22)26(17-33)35-19-23-15-11-8-12-16-23/h7-16,20-21,24-29,33H,5-6,17-19H2,1-4H3/t20-,21-,24?,25-,26+,27?,28-,29-/m0/s1. The minimum atomic E-state index is -0.777. The van der Waals surface area contributed by atoms with Gasteiger partial charge in [-0.2, -0.15) is 0 Å². The predicted molar refractivity (Wildman–Crippen MR) is 143 cm³/mol. The molecule has 1 heterocycles. The van der Waals surface area contributed by atoms with Gasteiger partial charge in [0.05, 0.1) is 38.1 Å². The molecule has 202 valence electrons. The Morgan fingerprint density at radius 1 is 0.919 bits per heavy atom. The van der Waals surface area contributed by atoms with E-state index in [0.29, 0.717) is 19.6 Å². The SMILES string of the molecule is CCC1O[C@@H](O[C@@H]([C@H](CC)OCc2ccccc2)[C@@H](CO)OCc2ccccc2)C(N=[N+]=[N-])[C@@H](C)[C@@H]1C.